The molecule has 0 radical (unpaired) electrons. The Morgan fingerprint density at radius 1 is 1.26 bits per heavy atom. The van der Waals surface area contributed by atoms with Gasteiger partial charge >= 0.3 is 5.97 Å². The molecule has 10 nitrogen and oxygen atoms in total. The van der Waals surface area contributed by atoms with E-state index < -0.39 is 40.1 Å². The molecule has 1 aliphatic heterocycles. The molecule has 0 spiro atoms. The maximum atomic E-state index is 12.9. The van der Waals surface area contributed by atoms with Gasteiger partial charge in [-0.3, -0.25) is 29.4 Å². The molecule has 0 bridgehead atoms. The molecular weight excluding hydrogens is 358 g/mol. The highest BCUT2D eigenvalue weighted by Crippen LogP contribution is 2.40. The van der Waals surface area contributed by atoms with Crippen LogP contribution in [0.15, 0.2) is 12.1 Å². The van der Waals surface area contributed by atoms with Gasteiger partial charge < -0.3 is 10.8 Å². The van der Waals surface area contributed by atoms with Gasteiger partial charge in [0, 0.05) is 18.1 Å². The van der Waals surface area contributed by atoms with Crippen LogP contribution in [0.3, 0.4) is 0 Å². The summed E-state index contributed by atoms with van der Waals surface area (Å²) in [7, 11) is 0. The van der Waals surface area contributed by atoms with Crippen molar-refractivity contribution in [1.82, 2.24) is 4.90 Å². The number of benzene rings is 1. The second-order valence-corrected chi connectivity index (χ2v) is 7.23. The van der Waals surface area contributed by atoms with Gasteiger partial charge in [0.15, 0.2) is 0 Å². The summed E-state index contributed by atoms with van der Waals surface area (Å²) in [6, 6.07) is 0.681. The predicted molar refractivity (Wildman–Crippen MR) is 92.1 cm³/mol. The van der Waals surface area contributed by atoms with E-state index in [1.165, 1.54) is 0 Å². The number of carbonyl (C=O) groups is 4. The van der Waals surface area contributed by atoms with Crippen LogP contribution in [0, 0.1) is 10.1 Å². The summed E-state index contributed by atoms with van der Waals surface area (Å²) >= 11 is 0. The minimum absolute atomic E-state index is 0.0601. The minimum atomic E-state index is -1.60. The van der Waals surface area contributed by atoms with E-state index in [-0.39, 0.29) is 35.2 Å². The molecule has 0 fully saturated rings. The molecular formula is C17H19N3O7. The Hall–Kier alpha value is -3.30. The van der Waals surface area contributed by atoms with Crippen molar-refractivity contribution in [2.75, 3.05) is 0 Å². The minimum Gasteiger partial charge on any atom is -0.480 e. The van der Waals surface area contributed by atoms with Crippen LogP contribution in [0.5, 0.6) is 0 Å². The van der Waals surface area contributed by atoms with Crippen LogP contribution >= 0.6 is 0 Å². The van der Waals surface area contributed by atoms with Crippen molar-refractivity contribution >= 4 is 29.4 Å². The van der Waals surface area contributed by atoms with Crippen molar-refractivity contribution in [1.29, 1.82) is 0 Å². The second-order valence-electron chi connectivity index (χ2n) is 7.23. The standard InChI is InChI=1S/C17H19N3O7/c1-17(2,3)13-9(20(26)27)5-4-8-12(13)15(23)19(14(8)22)10(16(24)25)6-7-11(18)21/h4-5,10H,6-7H2,1-3H3,(H2,18,21)(H,24,25)/t10-/m0/s1. The van der Waals surface area contributed by atoms with Gasteiger partial charge in [-0.25, -0.2) is 4.79 Å². The molecule has 0 saturated carbocycles. The molecule has 1 aromatic rings. The quantitative estimate of drug-likeness (QED) is 0.428. The Balaban J connectivity index is 2.64. The maximum absolute atomic E-state index is 12.9. The van der Waals surface area contributed by atoms with Crippen molar-refractivity contribution in [3.63, 3.8) is 0 Å². The van der Waals surface area contributed by atoms with Crippen LogP contribution in [0.25, 0.3) is 0 Å². The Kier molecular flexibility index (Phi) is 5.03. The van der Waals surface area contributed by atoms with E-state index in [0.717, 1.165) is 12.1 Å². The molecule has 0 aliphatic carbocycles. The number of carboxylic acid groups (broad SMARTS) is 1. The molecule has 1 aliphatic rings. The van der Waals surface area contributed by atoms with E-state index in [4.69, 9.17) is 5.73 Å². The number of primary amides is 1. The molecule has 1 atom stereocenters. The molecule has 1 aromatic carbocycles. The summed E-state index contributed by atoms with van der Waals surface area (Å²) in [4.78, 5) is 59.5. The van der Waals surface area contributed by atoms with Crippen LogP contribution in [0.4, 0.5) is 5.69 Å². The largest absolute Gasteiger partial charge is 0.480 e. The first-order valence-corrected chi connectivity index (χ1v) is 8.08. The number of hydrogen-bond donors (Lipinski definition) is 2. The van der Waals surface area contributed by atoms with E-state index >= 15 is 0 Å². The van der Waals surface area contributed by atoms with Gasteiger partial charge in [0.05, 0.1) is 16.1 Å². The van der Waals surface area contributed by atoms with Crippen molar-refractivity contribution < 1.29 is 29.2 Å². The zero-order valence-corrected chi connectivity index (χ0v) is 15.0. The highest BCUT2D eigenvalue weighted by atomic mass is 16.6. The normalized spacial score (nSPS) is 14.9. The van der Waals surface area contributed by atoms with Gasteiger partial charge in [-0.05, 0) is 17.9 Å². The number of nitrogens with two attached hydrogens (primary N) is 1. The zero-order valence-electron chi connectivity index (χ0n) is 15.0. The second kappa shape index (κ2) is 6.78. The smallest absolute Gasteiger partial charge is 0.326 e. The molecule has 3 amide bonds. The summed E-state index contributed by atoms with van der Waals surface area (Å²) in [6.45, 7) is 4.95. The van der Waals surface area contributed by atoms with Crippen LogP contribution < -0.4 is 5.73 Å². The average Bonchev–Trinajstić information content (AvgIpc) is 2.77. The van der Waals surface area contributed by atoms with E-state index in [1.807, 2.05) is 0 Å². The van der Waals surface area contributed by atoms with Crippen LogP contribution in [0.2, 0.25) is 0 Å². The topological polar surface area (TPSA) is 161 Å². The first-order chi connectivity index (χ1) is 12.4. The lowest BCUT2D eigenvalue weighted by atomic mass is 9.81. The number of nitro groups is 1. The summed E-state index contributed by atoms with van der Waals surface area (Å²) in [5, 5.41) is 20.8. The van der Waals surface area contributed by atoms with Gasteiger partial charge in [-0.15, -0.1) is 0 Å². The maximum Gasteiger partial charge on any atom is 0.326 e. The highest BCUT2D eigenvalue weighted by molar-refractivity contribution is 6.23. The third-order valence-electron chi connectivity index (χ3n) is 4.27. The van der Waals surface area contributed by atoms with E-state index in [2.05, 4.69) is 0 Å². The number of hydrogen-bond acceptors (Lipinski definition) is 6. The van der Waals surface area contributed by atoms with Crippen molar-refractivity contribution in [3.8, 4) is 0 Å². The Morgan fingerprint density at radius 3 is 2.30 bits per heavy atom. The number of amides is 3. The number of carbonyl (C=O) groups excluding carboxylic acids is 3. The van der Waals surface area contributed by atoms with Crippen LogP contribution in [-0.4, -0.2) is 44.7 Å². The van der Waals surface area contributed by atoms with Gasteiger partial charge in [-0.2, -0.15) is 0 Å². The molecule has 3 N–H and O–H groups in total. The molecule has 0 unspecified atom stereocenters. The molecule has 1 heterocycles. The third kappa shape index (κ3) is 3.50. The lowest BCUT2D eigenvalue weighted by Gasteiger charge is -2.23. The van der Waals surface area contributed by atoms with Crippen molar-refractivity contribution in [2.24, 2.45) is 5.73 Å². The summed E-state index contributed by atoms with van der Waals surface area (Å²) < 4.78 is 0. The number of nitrogens with zero attached hydrogens (tertiary/aromatic N) is 2. The van der Waals surface area contributed by atoms with Gasteiger partial charge in [0.25, 0.3) is 17.5 Å². The lowest BCUT2D eigenvalue weighted by Crippen LogP contribution is -2.45. The summed E-state index contributed by atoms with van der Waals surface area (Å²) in [5.74, 6) is -4.05. The fourth-order valence-electron chi connectivity index (χ4n) is 3.17. The van der Waals surface area contributed by atoms with Crippen LogP contribution in [-0.2, 0) is 15.0 Å². The Labute approximate surface area is 154 Å². The predicted octanol–water partition coefficient (Wildman–Crippen LogP) is 1.21. The average molecular weight is 377 g/mol. The summed E-state index contributed by atoms with van der Waals surface area (Å²) in [5.41, 5.74) is 3.64. The van der Waals surface area contributed by atoms with Crippen LogP contribution in [0.1, 0.15) is 59.9 Å². The Bertz CT molecular complexity index is 870. The number of carboxylic acids is 1. The third-order valence-corrected chi connectivity index (χ3v) is 4.27. The van der Waals surface area contributed by atoms with Gasteiger partial charge in [-0.1, -0.05) is 20.8 Å². The van der Waals surface area contributed by atoms with Crippen molar-refractivity contribution in [3.05, 3.63) is 38.9 Å². The number of fused-ring (bicyclic) bond motifs is 1. The monoisotopic (exact) mass is 377 g/mol. The van der Waals surface area contributed by atoms with Crippen molar-refractivity contribution in [2.45, 2.75) is 45.1 Å². The number of imide groups is 1. The van der Waals surface area contributed by atoms with Gasteiger partial charge in [0.2, 0.25) is 5.91 Å². The lowest BCUT2D eigenvalue weighted by molar-refractivity contribution is -0.386. The van der Waals surface area contributed by atoms with E-state index in [9.17, 15) is 34.4 Å². The molecule has 144 valence electrons. The molecule has 0 saturated heterocycles. The first-order valence-electron chi connectivity index (χ1n) is 8.08. The molecule has 2 rings (SSSR count). The fraction of sp³-hybridized carbons (Fsp3) is 0.412. The molecule has 0 aromatic heterocycles. The molecule has 27 heavy (non-hydrogen) atoms. The number of rotatable bonds is 6. The molecule has 10 heteroatoms. The fourth-order valence-corrected chi connectivity index (χ4v) is 3.17. The van der Waals surface area contributed by atoms with E-state index in [1.54, 1.807) is 20.8 Å². The number of aliphatic carboxylic acids is 1. The van der Waals surface area contributed by atoms with E-state index in [0.29, 0.717) is 4.90 Å². The Morgan fingerprint density at radius 2 is 1.85 bits per heavy atom. The SMILES string of the molecule is CC(C)(C)c1c([N+](=O)[O-])ccc2c1C(=O)N([C@@H](CCC(N)=O)C(=O)O)C2=O. The highest BCUT2D eigenvalue weighted by Gasteiger charge is 2.47. The van der Waals surface area contributed by atoms with Gasteiger partial charge in [0.1, 0.15) is 6.04 Å². The number of nitro benzene ring substituents is 1. The zero-order chi connectivity index (χ0) is 20.7. The summed E-state index contributed by atoms with van der Waals surface area (Å²) in [6.07, 6.45) is -0.681. The first kappa shape index (κ1) is 20.0.